The Labute approximate surface area is 167 Å². The van der Waals surface area contributed by atoms with Crippen LogP contribution in [0.5, 0.6) is 0 Å². The molecule has 0 saturated carbocycles. The largest absolute Gasteiger partial charge is 0.444 e. The van der Waals surface area contributed by atoms with Crippen molar-refractivity contribution in [3.05, 3.63) is 16.8 Å². The molecule has 0 radical (unpaired) electrons. The van der Waals surface area contributed by atoms with E-state index in [1.807, 2.05) is 33.9 Å². The van der Waals surface area contributed by atoms with Gasteiger partial charge in [0.05, 0.1) is 6.54 Å². The summed E-state index contributed by atoms with van der Waals surface area (Å²) in [6, 6.07) is 1.26. The number of rotatable bonds is 4. The van der Waals surface area contributed by atoms with Gasteiger partial charge in [0.25, 0.3) is 0 Å². The summed E-state index contributed by atoms with van der Waals surface area (Å²) in [6.45, 7) is 15.4. The fraction of sp³-hybridized carbons (Fsp3) is 0.706. The highest BCUT2D eigenvalue weighted by Gasteiger charge is 2.38. The molecule has 1 aromatic rings. The van der Waals surface area contributed by atoms with E-state index in [4.69, 9.17) is 9.88 Å². The number of ether oxygens (including phenoxy) is 1. The second-order valence-corrected chi connectivity index (χ2v) is 17.4. The second kappa shape index (κ2) is 7.80. The number of halogens is 1. The first-order valence-electron chi connectivity index (χ1n) is 8.64. The van der Waals surface area contributed by atoms with Gasteiger partial charge < -0.3 is 9.64 Å². The van der Waals surface area contributed by atoms with Crippen LogP contribution in [0.15, 0.2) is 14.3 Å². The monoisotopic (exact) mass is 437 g/mol. The molecule has 1 amide bonds. The summed E-state index contributed by atoms with van der Waals surface area (Å²) in [4.78, 5) is 13.9. The summed E-state index contributed by atoms with van der Waals surface area (Å²) >= 11 is 0.985. The Morgan fingerprint density at radius 2 is 1.85 bits per heavy atom. The fourth-order valence-electron chi connectivity index (χ4n) is 1.83. The van der Waals surface area contributed by atoms with E-state index in [0.29, 0.717) is 4.88 Å². The maximum absolute atomic E-state index is 14.5. The molecule has 1 unspecified atom stereocenters. The number of hydrogen-bond donors (Lipinski definition) is 1. The van der Waals surface area contributed by atoms with E-state index in [1.54, 1.807) is 27.8 Å². The molecule has 2 N–H and O–H groups in total. The predicted molar refractivity (Wildman–Crippen MR) is 112 cm³/mol. The van der Waals surface area contributed by atoms with E-state index in [9.17, 15) is 13.4 Å². The lowest BCUT2D eigenvalue weighted by Crippen LogP contribution is -2.37. The van der Waals surface area contributed by atoms with E-state index < -0.39 is 35.7 Å². The Morgan fingerprint density at radius 1 is 1.33 bits per heavy atom. The SMILES string of the molecule is CN(Cc1cc(F)c(S(N)(=O)=N[Si](C)(C)C(C)(C)C)s1)C(=O)OC(C)(C)C. The molecule has 1 rings (SSSR count). The molecule has 0 spiro atoms. The zero-order valence-electron chi connectivity index (χ0n) is 17.7. The van der Waals surface area contributed by atoms with Gasteiger partial charge in [-0.05, 0) is 45.0 Å². The van der Waals surface area contributed by atoms with Crippen molar-refractivity contribution in [2.75, 3.05) is 7.05 Å². The molecule has 0 bridgehead atoms. The Balaban J connectivity index is 3.14. The van der Waals surface area contributed by atoms with Crippen LogP contribution in [0.25, 0.3) is 0 Å². The molecule has 27 heavy (non-hydrogen) atoms. The van der Waals surface area contributed by atoms with E-state index >= 15 is 0 Å². The number of carbonyl (C=O) groups is 1. The van der Waals surface area contributed by atoms with E-state index in [2.05, 4.69) is 4.03 Å². The molecular weight excluding hydrogens is 405 g/mol. The molecule has 1 aromatic heterocycles. The highest BCUT2D eigenvalue weighted by Crippen LogP contribution is 2.38. The van der Waals surface area contributed by atoms with Gasteiger partial charge in [-0.15, -0.1) is 11.3 Å². The first-order valence-corrected chi connectivity index (χ1v) is 14.0. The molecule has 0 fully saturated rings. The first-order chi connectivity index (χ1) is 11.9. The minimum absolute atomic E-state index is 0.0695. The first kappa shape index (κ1) is 24.1. The molecule has 10 heteroatoms. The quantitative estimate of drug-likeness (QED) is 0.676. The smallest absolute Gasteiger partial charge is 0.410 e. The van der Waals surface area contributed by atoms with Crippen molar-refractivity contribution >= 4 is 35.6 Å². The number of hydrogen-bond acceptors (Lipinski definition) is 5. The molecule has 0 aromatic carbocycles. The average Bonchev–Trinajstić information content (AvgIpc) is 2.75. The third-order valence-corrected chi connectivity index (χ3v) is 13.4. The zero-order valence-corrected chi connectivity index (χ0v) is 20.3. The second-order valence-electron chi connectivity index (χ2n) is 9.15. The number of nitrogens with two attached hydrogens (primary N) is 1. The molecule has 6 nitrogen and oxygen atoms in total. The Bertz CT molecular complexity index is 816. The minimum Gasteiger partial charge on any atom is -0.444 e. The molecule has 0 aliphatic carbocycles. The maximum Gasteiger partial charge on any atom is 0.410 e. The third kappa shape index (κ3) is 6.55. The van der Waals surface area contributed by atoms with Gasteiger partial charge in [0, 0.05) is 11.9 Å². The Hall–Kier alpha value is -0.973. The standard InChI is InChI=1S/C17H32FN3O3S2Si/c1-16(2,3)24-15(22)21(7)11-12-10-13(18)14(25-12)26(19,23)20-27(8,9)17(4,5)6/h10H,11H2,1-9H3,(H2,19,20,23). The molecular formula is C17H32FN3O3S2Si. The van der Waals surface area contributed by atoms with Crippen LogP contribution in [-0.2, 0) is 21.2 Å². The molecule has 156 valence electrons. The van der Waals surface area contributed by atoms with Crippen LogP contribution in [0, 0.1) is 5.82 Å². The van der Waals surface area contributed by atoms with Crippen molar-refractivity contribution in [1.29, 1.82) is 0 Å². The van der Waals surface area contributed by atoms with Crippen LogP contribution in [0.1, 0.15) is 46.4 Å². The van der Waals surface area contributed by atoms with Crippen LogP contribution in [-0.4, -0.2) is 36.1 Å². The number of carbonyl (C=O) groups excluding carboxylic acids is 1. The molecule has 0 aliphatic heterocycles. The summed E-state index contributed by atoms with van der Waals surface area (Å²) in [5, 5.41) is 5.81. The Kier molecular flexibility index (Phi) is 6.96. The van der Waals surface area contributed by atoms with Gasteiger partial charge in [0.1, 0.15) is 19.7 Å². The lowest BCUT2D eigenvalue weighted by atomic mass is 10.2. The number of nitrogens with zero attached hydrogens (tertiary/aromatic N) is 2. The summed E-state index contributed by atoms with van der Waals surface area (Å²) in [6.07, 6.45) is -0.516. The van der Waals surface area contributed by atoms with Crippen LogP contribution in [0.2, 0.25) is 18.1 Å². The van der Waals surface area contributed by atoms with E-state index in [-0.39, 0.29) is 15.8 Å². The summed E-state index contributed by atoms with van der Waals surface area (Å²) in [7, 11) is -4.12. The Morgan fingerprint density at radius 3 is 2.30 bits per heavy atom. The molecule has 0 saturated heterocycles. The number of amides is 1. The van der Waals surface area contributed by atoms with Crippen molar-refractivity contribution in [2.45, 2.75) is 76.0 Å². The highest BCUT2D eigenvalue weighted by atomic mass is 32.2. The van der Waals surface area contributed by atoms with Gasteiger partial charge >= 0.3 is 6.09 Å². The van der Waals surface area contributed by atoms with Gasteiger partial charge in [0.15, 0.2) is 14.1 Å². The highest BCUT2D eigenvalue weighted by molar-refractivity contribution is 7.94. The van der Waals surface area contributed by atoms with Gasteiger partial charge in [-0.1, -0.05) is 20.8 Å². The topological polar surface area (TPSA) is 85.0 Å². The molecule has 0 aliphatic rings. The lowest BCUT2D eigenvalue weighted by Gasteiger charge is -2.32. The lowest BCUT2D eigenvalue weighted by molar-refractivity contribution is 0.0286. The molecule has 1 heterocycles. The minimum atomic E-state index is -3.35. The van der Waals surface area contributed by atoms with E-state index in [1.165, 1.54) is 11.0 Å². The van der Waals surface area contributed by atoms with Gasteiger partial charge in [-0.3, -0.25) is 4.03 Å². The van der Waals surface area contributed by atoms with Gasteiger partial charge in [-0.25, -0.2) is 18.5 Å². The molecule has 1 atom stereocenters. The average molecular weight is 438 g/mol. The van der Waals surface area contributed by atoms with E-state index in [0.717, 1.165) is 11.3 Å². The maximum atomic E-state index is 14.5. The van der Waals surface area contributed by atoms with Gasteiger partial charge in [0.2, 0.25) is 0 Å². The van der Waals surface area contributed by atoms with Gasteiger partial charge in [-0.2, -0.15) is 0 Å². The van der Waals surface area contributed by atoms with Crippen LogP contribution in [0.3, 0.4) is 0 Å². The summed E-state index contributed by atoms with van der Waals surface area (Å²) in [5.74, 6) is -0.650. The van der Waals surface area contributed by atoms with Crippen LogP contribution in [0.4, 0.5) is 9.18 Å². The summed E-state index contributed by atoms with van der Waals surface area (Å²) in [5.41, 5.74) is -0.620. The fourth-order valence-corrected chi connectivity index (χ4v) is 8.26. The normalized spacial score (nSPS) is 15.2. The zero-order chi connectivity index (χ0) is 21.4. The summed E-state index contributed by atoms with van der Waals surface area (Å²) < 4.78 is 37.1. The van der Waals surface area contributed by atoms with Crippen LogP contribution >= 0.6 is 11.3 Å². The van der Waals surface area contributed by atoms with Crippen molar-refractivity contribution < 1.29 is 18.1 Å². The van der Waals surface area contributed by atoms with Crippen molar-refractivity contribution in [3.63, 3.8) is 0 Å². The number of thiophene rings is 1. The van der Waals surface area contributed by atoms with Crippen molar-refractivity contribution in [1.82, 2.24) is 4.90 Å². The third-order valence-electron chi connectivity index (χ3n) is 4.27. The van der Waals surface area contributed by atoms with Crippen LogP contribution < -0.4 is 5.14 Å². The predicted octanol–water partition coefficient (Wildman–Crippen LogP) is 4.96. The van der Waals surface area contributed by atoms with Crippen molar-refractivity contribution in [3.8, 4) is 0 Å². The van der Waals surface area contributed by atoms with Crippen molar-refractivity contribution in [2.24, 2.45) is 9.17 Å².